The largest absolute Gasteiger partial charge is 0.397 e. The van der Waals surface area contributed by atoms with Crippen molar-refractivity contribution in [2.45, 2.75) is 31.2 Å². The molecule has 0 aromatic heterocycles. The number of amides is 2. The summed E-state index contributed by atoms with van der Waals surface area (Å²) in [7, 11) is 0. The molecule has 0 radical (unpaired) electrons. The van der Waals surface area contributed by atoms with Crippen molar-refractivity contribution < 1.29 is 14.0 Å². The molecule has 2 saturated heterocycles. The number of nitrogens with one attached hydrogen (secondary N) is 2. The lowest BCUT2D eigenvalue weighted by Gasteiger charge is -2.39. The Morgan fingerprint density at radius 1 is 0.943 bits per heavy atom. The maximum atomic E-state index is 14.2. The third kappa shape index (κ3) is 4.77. The van der Waals surface area contributed by atoms with Gasteiger partial charge in [0.25, 0.3) is 11.8 Å². The summed E-state index contributed by atoms with van der Waals surface area (Å²) in [5.74, 6) is -0.710. The van der Waals surface area contributed by atoms with Crippen LogP contribution in [0.3, 0.4) is 0 Å². The van der Waals surface area contributed by atoms with Gasteiger partial charge in [-0.2, -0.15) is 0 Å². The second-order valence-corrected chi connectivity index (χ2v) is 9.42. The van der Waals surface area contributed by atoms with Gasteiger partial charge in [0, 0.05) is 35.3 Å². The fourth-order valence-electron chi connectivity index (χ4n) is 5.10. The summed E-state index contributed by atoms with van der Waals surface area (Å²) in [6.07, 6.45) is 4.35. The quantitative estimate of drug-likeness (QED) is 0.481. The van der Waals surface area contributed by atoms with E-state index >= 15 is 0 Å². The molecule has 0 saturated carbocycles. The molecule has 1 spiro atoms. The molecule has 2 fully saturated rings. The Balaban J connectivity index is 1.25. The van der Waals surface area contributed by atoms with Crippen molar-refractivity contribution >= 4 is 23.2 Å². The summed E-state index contributed by atoms with van der Waals surface area (Å²) in [6, 6.07) is 18.1. The van der Waals surface area contributed by atoms with Gasteiger partial charge in [-0.1, -0.05) is 24.3 Å². The highest BCUT2D eigenvalue weighted by atomic mass is 19.1. The van der Waals surface area contributed by atoms with E-state index in [0.717, 1.165) is 32.5 Å². The van der Waals surface area contributed by atoms with Gasteiger partial charge in [-0.3, -0.25) is 9.59 Å². The standard InChI is InChI=1S/C28H29FN4O2/c29-23-5-2-1-4-22(23)21-10-11-24(30)25(18-21)32-26(34)19-6-8-20(9-7-19)27(35)33-16-13-28(14-17-33)12-3-15-31-28/h1-2,4-11,18,31H,3,12-17,30H2,(H,32,34). The number of halogens is 1. The van der Waals surface area contributed by atoms with E-state index in [4.69, 9.17) is 5.73 Å². The van der Waals surface area contributed by atoms with Gasteiger partial charge < -0.3 is 21.3 Å². The van der Waals surface area contributed by atoms with Crippen LogP contribution in [0.1, 0.15) is 46.4 Å². The van der Waals surface area contributed by atoms with E-state index in [0.29, 0.717) is 33.6 Å². The number of hydrogen-bond acceptors (Lipinski definition) is 4. The van der Waals surface area contributed by atoms with Crippen LogP contribution in [0, 0.1) is 5.82 Å². The first-order valence-corrected chi connectivity index (χ1v) is 12.0. The van der Waals surface area contributed by atoms with Crippen LogP contribution < -0.4 is 16.4 Å². The van der Waals surface area contributed by atoms with E-state index in [1.54, 1.807) is 60.7 Å². The molecule has 2 aliphatic rings. The molecule has 4 N–H and O–H groups in total. The van der Waals surface area contributed by atoms with Crippen LogP contribution in [0.25, 0.3) is 11.1 Å². The highest BCUT2D eigenvalue weighted by Crippen LogP contribution is 2.32. The summed E-state index contributed by atoms with van der Waals surface area (Å²) in [5.41, 5.74) is 9.07. The maximum absolute atomic E-state index is 14.2. The lowest BCUT2D eigenvalue weighted by molar-refractivity contribution is 0.0656. The van der Waals surface area contributed by atoms with Crippen molar-refractivity contribution in [3.8, 4) is 11.1 Å². The van der Waals surface area contributed by atoms with Crippen LogP contribution in [0.15, 0.2) is 66.7 Å². The van der Waals surface area contributed by atoms with Crippen LogP contribution in [-0.4, -0.2) is 41.9 Å². The van der Waals surface area contributed by atoms with E-state index in [1.165, 1.54) is 18.9 Å². The summed E-state index contributed by atoms with van der Waals surface area (Å²) < 4.78 is 14.2. The smallest absolute Gasteiger partial charge is 0.255 e. The Hall–Kier alpha value is -3.71. The Labute approximate surface area is 204 Å². The molecule has 0 atom stereocenters. The minimum Gasteiger partial charge on any atom is -0.397 e. The molecular formula is C28H29FN4O2. The number of hydrogen-bond donors (Lipinski definition) is 3. The predicted octanol–water partition coefficient (Wildman–Crippen LogP) is 4.69. The average molecular weight is 473 g/mol. The van der Waals surface area contributed by atoms with Gasteiger partial charge in [-0.15, -0.1) is 0 Å². The van der Waals surface area contributed by atoms with E-state index in [2.05, 4.69) is 10.6 Å². The first kappa shape index (κ1) is 23.1. The third-order valence-electron chi connectivity index (χ3n) is 7.22. The van der Waals surface area contributed by atoms with Crippen LogP contribution in [0.5, 0.6) is 0 Å². The number of benzene rings is 3. The number of anilines is 2. The molecule has 6 nitrogen and oxygen atoms in total. The maximum Gasteiger partial charge on any atom is 0.255 e. The highest BCUT2D eigenvalue weighted by Gasteiger charge is 2.37. The van der Waals surface area contributed by atoms with Gasteiger partial charge in [-0.05, 0) is 80.3 Å². The third-order valence-corrected chi connectivity index (χ3v) is 7.22. The number of nitrogens with zero attached hydrogens (tertiary/aromatic N) is 1. The number of rotatable bonds is 4. The lowest BCUT2D eigenvalue weighted by Crippen LogP contribution is -2.51. The highest BCUT2D eigenvalue weighted by molar-refractivity contribution is 6.06. The molecule has 0 unspecified atom stereocenters. The molecule has 180 valence electrons. The fraction of sp³-hybridized carbons (Fsp3) is 0.286. The molecule has 3 aromatic rings. The second kappa shape index (κ2) is 9.50. The van der Waals surface area contributed by atoms with Gasteiger partial charge in [-0.25, -0.2) is 4.39 Å². The molecule has 35 heavy (non-hydrogen) atoms. The number of nitrogen functional groups attached to an aromatic ring is 1. The van der Waals surface area contributed by atoms with Crippen molar-refractivity contribution in [3.05, 3.63) is 83.7 Å². The molecule has 0 aliphatic carbocycles. The van der Waals surface area contributed by atoms with Crippen molar-refractivity contribution in [1.82, 2.24) is 10.2 Å². The summed E-state index contributed by atoms with van der Waals surface area (Å²) >= 11 is 0. The zero-order valence-electron chi connectivity index (χ0n) is 19.5. The fourth-order valence-corrected chi connectivity index (χ4v) is 5.10. The first-order valence-electron chi connectivity index (χ1n) is 12.0. The van der Waals surface area contributed by atoms with E-state index in [-0.39, 0.29) is 23.2 Å². The Bertz CT molecular complexity index is 1240. The molecule has 2 aliphatic heterocycles. The molecular weight excluding hydrogens is 443 g/mol. The average Bonchev–Trinajstić information content (AvgIpc) is 3.33. The van der Waals surface area contributed by atoms with Gasteiger partial charge in [0.15, 0.2) is 0 Å². The lowest BCUT2D eigenvalue weighted by atomic mass is 9.86. The van der Waals surface area contributed by atoms with Crippen LogP contribution >= 0.6 is 0 Å². The van der Waals surface area contributed by atoms with Gasteiger partial charge in [0.2, 0.25) is 0 Å². The Kier molecular flexibility index (Phi) is 6.26. The van der Waals surface area contributed by atoms with Crippen molar-refractivity contribution in [2.75, 3.05) is 30.7 Å². The van der Waals surface area contributed by atoms with Crippen molar-refractivity contribution in [2.24, 2.45) is 0 Å². The van der Waals surface area contributed by atoms with Crippen LogP contribution in [0.2, 0.25) is 0 Å². The number of carbonyl (C=O) groups is 2. The molecule has 7 heteroatoms. The van der Waals surface area contributed by atoms with E-state index in [1.807, 2.05) is 4.90 Å². The predicted molar refractivity (Wildman–Crippen MR) is 136 cm³/mol. The molecule has 2 amide bonds. The van der Waals surface area contributed by atoms with Crippen LogP contribution in [0.4, 0.5) is 15.8 Å². The van der Waals surface area contributed by atoms with E-state index in [9.17, 15) is 14.0 Å². The van der Waals surface area contributed by atoms with Crippen molar-refractivity contribution in [1.29, 1.82) is 0 Å². The molecule has 2 heterocycles. The van der Waals surface area contributed by atoms with Crippen LogP contribution in [-0.2, 0) is 0 Å². The first-order chi connectivity index (χ1) is 16.9. The minimum atomic E-state index is -0.353. The normalized spacial score (nSPS) is 16.9. The monoisotopic (exact) mass is 472 g/mol. The summed E-state index contributed by atoms with van der Waals surface area (Å²) in [6.45, 7) is 2.55. The van der Waals surface area contributed by atoms with E-state index < -0.39 is 0 Å². The molecule has 0 bridgehead atoms. The number of nitrogens with two attached hydrogens (primary N) is 1. The zero-order valence-corrected chi connectivity index (χ0v) is 19.5. The van der Waals surface area contributed by atoms with Crippen molar-refractivity contribution in [3.63, 3.8) is 0 Å². The number of piperidine rings is 1. The van der Waals surface area contributed by atoms with Gasteiger partial charge in [0.05, 0.1) is 11.4 Å². The topological polar surface area (TPSA) is 87.5 Å². The van der Waals surface area contributed by atoms with Gasteiger partial charge >= 0.3 is 0 Å². The van der Waals surface area contributed by atoms with Gasteiger partial charge in [0.1, 0.15) is 5.82 Å². The Morgan fingerprint density at radius 3 is 2.34 bits per heavy atom. The Morgan fingerprint density at radius 2 is 1.66 bits per heavy atom. The number of likely N-dealkylation sites (tertiary alicyclic amines) is 1. The zero-order chi connectivity index (χ0) is 24.4. The molecule has 3 aromatic carbocycles. The molecule has 5 rings (SSSR count). The summed E-state index contributed by atoms with van der Waals surface area (Å²) in [5, 5.41) is 6.43. The minimum absolute atomic E-state index is 0.00774. The number of carbonyl (C=O) groups excluding carboxylic acids is 2. The summed E-state index contributed by atoms with van der Waals surface area (Å²) in [4.78, 5) is 27.7. The SMILES string of the molecule is Nc1ccc(-c2ccccc2F)cc1NC(=O)c1ccc(C(=O)N2CCC3(CCCN3)CC2)cc1. The second-order valence-electron chi connectivity index (χ2n) is 9.42.